The second-order valence-electron chi connectivity index (χ2n) is 5.26. The molecule has 0 amide bonds. The zero-order valence-corrected chi connectivity index (χ0v) is 18.4. The molecule has 0 aromatic heterocycles. The molecule has 8 nitrogen and oxygen atoms in total. The molecule has 11 heteroatoms. The molecular formula is C17H25NO7S3. The average Bonchev–Trinajstić information content (AvgIpc) is 2.66. The van der Waals surface area contributed by atoms with Gasteiger partial charge in [-0.3, -0.25) is 4.28 Å². The number of hydrogen-bond donors (Lipinski definition) is 1. The van der Waals surface area contributed by atoms with Crippen molar-refractivity contribution in [1.82, 2.24) is 0 Å². The Bertz CT molecular complexity index is 721. The lowest BCUT2D eigenvalue weighted by atomic mass is 10.2. The van der Waals surface area contributed by atoms with Crippen molar-refractivity contribution < 1.29 is 31.7 Å². The molecule has 0 bridgehead atoms. The first-order chi connectivity index (χ1) is 13.4. The number of thiol groups is 1. The van der Waals surface area contributed by atoms with Crippen LogP contribution < -0.4 is 0 Å². The van der Waals surface area contributed by atoms with Gasteiger partial charge in [-0.25, -0.2) is 4.79 Å². The van der Waals surface area contributed by atoms with Gasteiger partial charge >= 0.3 is 16.1 Å². The average molecular weight is 452 g/mol. The van der Waals surface area contributed by atoms with Gasteiger partial charge in [0.1, 0.15) is 4.90 Å². The van der Waals surface area contributed by atoms with Gasteiger partial charge in [-0.2, -0.15) is 21.0 Å². The van der Waals surface area contributed by atoms with Crippen molar-refractivity contribution in [2.24, 2.45) is 5.16 Å². The maximum absolute atomic E-state index is 12.2. The Morgan fingerprint density at radius 3 is 2.36 bits per heavy atom. The Morgan fingerprint density at radius 1 is 1.11 bits per heavy atom. The highest BCUT2D eigenvalue weighted by Crippen LogP contribution is 2.15. The molecule has 0 fully saturated rings. The fourth-order valence-corrected chi connectivity index (χ4v) is 3.30. The molecule has 1 aromatic carbocycles. The van der Waals surface area contributed by atoms with E-state index in [0.29, 0.717) is 37.9 Å². The summed E-state index contributed by atoms with van der Waals surface area (Å²) >= 11 is 5.01. The Kier molecular flexibility index (Phi) is 12.2. The first-order valence-electron chi connectivity index (χ1n) is 8.55. The summed E-state index contributed by atoms with van der Waals surface area (Å²) in [6.45, 7) is 5.31. The van der Waals surface area contributed by atoms with E-state index in [0.717, 1.165) is 17.3 Å². The third-order valence-electron chi connectivity index (χ3n) is 3.05. The highest BCUT2D eigenvalue weighted by atomic mass is 32.2. The quantitative estimate of drug-likeness (QED) is 0.129. The third-order valence-corrected chi connectivity index (χ3v) is 5.24. The molecule has 0 aliphatic carbocycles. The number of carbonyl (C=O) groups excluding carboxylic acids is 1. The van der Waals surface area contributed by atoms with Crippen molar-refractivity contribution in [1.29, 1.82) is 0 Å². The largest absolute Gasteiger partial charge is 0.461 e. The predicted molar refractivity (Wildman–Crippen MR) is 111 cm³/mol. The van der Waals surface area contributed by atoms with Gasteiger partial charge in [0.25, 0.3) is 0 Å². The number of rotatable bonds is 12. The smallest absolute Gasteiger partial charge is 0.367 e. The molecule has 0 heterocycles. The Labute approximate surface area is 175 Å². The molecule has 1 rings (SSSR count). The monoisotopic (exact) mass is 451 g/mol. The fourth-order valence-electron chi connectivity index (χ4n) is 1.73. The molecule has 0 unspecified atom stereocenters. The maximum Gasteiger partial charge on any atom is 0.367 e. The molecular weight excluding hydrogens is 426 g/mol. The fraction of sp³-hybridized carbons (Fsp3) is 0.529. The molecule has 0 atom stereocenters. The maximum atomic E-state index is 12.2. The number of nitrogens with zero attached hydrogens (tertiary/aromatic N) is 1. The van der Waals surface area contributed by atoms with Crippen molar-refractivity contribution in [2.45, 2.75) is 18.7 Å². The number of aryl methyl sites for hydroxylation is 1. The van der Waals surface area contributed by atoms with Gasteiger partial charge in [0.2, 0.25) is 5.04 Å². The van der Waals surface area contributed by atoms with Crippen molar-refractivity contribution in [3.8, 4) is 0 Å². The predicted octanol–water partition coefficient (Wildman–Crippen LogP) is 2.27. The van der Waals surface area contributed by atoms with Crippen molar-refractivity contribution >= 4 is 45.5 Å². The van der Waals surface area contributed by atoms with Crippen LogP contribution in [0.15, 0.2) is 34.3 Å². The second kappa shape index (κ2) is 13.8. The molecule has 1 aromatic rings. The van der Waals surface area contributed by atoms with Crippen LogP contribution in [0.3, 0.4) is 0 Å². The van der Waals surface area contributed by atoms with Gasteiger partial charge in [0.05, 0.1) is 33.0 Å². The number of ether oxygens (including phenoxy) is 3. The summed E-state index contributed by atoms with van der Waals surface area (Å²) in [5, 5.41) is 3.30. The molecule has 0 N–H and O–H groups in total. The van der Waals surface area contributed by atoms with E-state index in [1.54, 1.807) is 19.1 Å². The summed E-state index contributed by atoms with van der Waals surface area (Å²) < 4.78 is 44.5. The van der Waals surface area contributed by atoms with Crippen LogP contribution >= 0.6 is 24.4 Å². The van der Waals surface area contributed by atoms with E-state index in [2.05, 4.69) is 22.1 Å². The van der Waals surface area contributed by atoms with Crippen LogP contribution in [0, 0.1) is 6.92 Å². The minimum atomic E-state index is -4.13. The Balaban J connectivity index is 2.60. The SMILES string of the molecule is CCOC(=O)/C(=N/OS(=O)(=O)c1ccc(C)cc1)SCCOCCOCCS. The van der Waals surface area contributed by atoms with E-state index < -0.39 is 16.1 Å². The van der Waals surface area contributed by atoms with Crippen LogP contribution in [0.25, 0.3) is 0 Å². The first kappa shape index (κ1) is 24.8. The minimum Gasteiger partial charge on any atom is -0.461 e. The minimum absolute atomic E-state index is 0.0559. The van der Waals surface area contributed by atoms with Crippen molar-refractivity contribution in [3.05, 3.63) is 29.8 Å². The number of hydrogen-bond acceptors (Lipinski definition) is 10. The number of thioether (sulfide) groups is 1. The van der Waals surface area contributed by atoms with E-state index in [-0.39, 0.29) is 16.5 Å². The van der Waals surface area contributed by atoms with Crippen LogP contribution in [-0.4, -0.2) is 64.0 Å². The molecule has 158 valence electrons. The summed E-state index contributed by atoms with van der Waals surface area (Å²) in [5.41, 5.74) is 0.904. The van der Waals surface area contributed by atoms with Crippen LogP contribution in [-0.2, 0) is 33.4 Å². The zero-order valence-electron chi connectivity index (χ0n) is 15.8. The van der Waals surface area contributed by atoms with Gasteiger partial charge in [0.15, 0.2) is 0 Å². The van der Waals surface area contributed by atoms with Crippen LogP contribution in [0.4, 0.5) is 0 Å². The second-order valence-corrected chi connectivity index (χ2v) is 8.31. The Hall–Kier alpha value is -1.27. The summed E-state index contributed by atoms with van der Waals surface area (Å²) in [6, 6.07) is 6.08. The highest BCUT2D eigenvalue weighted by Gasteiger charge is 2.20. The van der Waals surface area contributed by atoms with Crippen LogP contribution in [0.5, 0.6) is 0 Å². The summed E-state index contributed by atoms with van der Waals surface area (Å²) in [7, 11) is -4.13. The van der Waals surface area contributed by atoms with E-state index in [1.807, 2.05) is 6.92 Å². The van der Waals surface area contributed by atoms with Gasteiger partial charge in [0, 0.05) is 11.5 Å². The van der Waals surface area contributed by atoms with E-state index in [1.165, 1.54) is 12.1 Å². The van der Waals surface area contributed by atoms with Gasteiger partial charge in [-0.05, 0) is 26.0 Å². The van der Waals surface area contributed by atoms with Crippen LogP contribution in [0.1, 0.15) is 12.5 Å². The van der Waals surface area contributed by atoms with E-state index in [4.69, 9.17) is 14.2 Å². The molecule has 0 radical (unpaired) electrons. The number of benzene rings is 1. The number of esters is 1. The summed E-state index contributed by atoms with van der Waals surface area (Å²) in [4.78, 5) is 11.9. The van der Waals surface area contributed by atoms with E-state index in [9.17, 15) is 13.2 Å². The molecule has 28 heavy (non-hydrogen) atoms. The lowest BCUT2D eigenvalue weighted by Crippen LogP contribution is -2.17. The van der Waals surface area contributed by atoms with E-state index >= 15 is 0 Å². The van der Waals surface area contributed by atoms with Gasteiger partial charge in [-0.1, -0.05) is 34.6 Å². The highest BCUT2D eigenvalue weighted by molar-refractivity contribution is 8.15. The molecule has 0 saturated carbocycles. The van der Waals surface area contributed by atoms with Crippen molar-refractivity contribution in [2.75, 3.05) is 44.5 Å². The topological polar surface area (TPSA) is 100 Å². The lowest BCUT2D eigenvalue weighted by Gasteiger charge is -2.07. The lowest BCUT2D eigenvalue weighted by molar-refractivity contribution is -0.134. The van der Waals surface area contributed by atoms with Crippen LogP contribution in [0.2, 0.25) is 0 Å². The summed E-state index contributed by atoms with van der Waals surface area (Å²) in [6.07, 6.45) is 0. The Morgan fingerprint density at radius 2 is 1.75 bits per heavy atom. The number of oxime groups is 1. The van der Waals surface area contributed by atoms with Crippen molar-refractivity contribution in [3.63, 3.8) is 0 Å². The zero-order chi connectivity index (χ0) is 20.8. The number of carbonyl (C=O) groups is 1. The summed E-state index contributed by atoms with van der Waals surface area (Å²) in [5.74, 6) is 0.238. The molecule has 0 aliphatic heterocycles. The first-order valence-corrected chi connectivity index (χ1v) is 11.6. The molecule has 0 saturated heterocycles. The molecule has 0 aliphatic rings. The normalized spacial score (nSPS) is 12.0. The third kappa shape index (κ3) is 9.78. The molecule has 0 spiro atoms. The van der Waals surface area contributed by atoms with Gasteiger partial charge < -0.3 is 14.2 Å². The standard InChI is InChI=1S/C17H25NO7S3/c1-3-24-17(19)16(27-13-11-23-9-8-22-10-12-26)18-25-28(20,21)15-6-4-14(2)5-7-15/h4-7,26H,3,8-13H2,1-2H3/b18-16-. The van der Waals surface area contributed by atoms with Gasteiger partial charge in [-0.15, -0.1) is 0 Å².